The van der Waals surface area contributed by atoms with Gasteiger partial charge >= 0.3 is 0 Å². The van der Waals surface area contributed by atoms with Crippen molar-refractivity contribution < 1.29 is 4.79 Å². The summed E-state index contributed by atoms with van der Waals surface area (Å²) in [5.41, 5.74) is 2.87. The fourth-order valence-electron chi connectivity index (χ4n) is 3.48. The van der Waals surface area contributed by atoms with E-state index < -0.39 is 0 Å². The smallest absolute Gasteiger partial charge is 0.226 e. The summed E-state index contributed by atoms with van der Waals surface area (Å²) in [6.07, 6.45) is 1.18. The van der Waals surface area contributed by atoms with E-state index in [1.54, 1.807) is 0 Å². The summed E-state index contributed by atoms with van der Waals surface area (Å²) in [4.78, 5) is 19.8. The van der Waals surface area contributed by atoms with Crippen LogP contribution in [0.2, 0.25) is 0 Å². The van der Waals surface area contributed by atoms with Crippen LogP contribution >= 0.6 is 0 Å². The molecule has 0 radical (unpaired) electrons. The van der Waals surface area contributed by atoms with Crippen molar-refractivity contribution in [3.8, 4) is 0 Å². The third-order valence-electron chi connectivity index (χ3n) is 5.16. The second-order valence-corrected chi connectivity index (χ2v) is 7.02. The molecule has 1 amide bonds. The fraction of sp³-hybridized carbons (Fsp3) is 0.333. The minimum Gasteiger partial charge on any atom is -0.349 e. The van der Waals surface area contributed by atoms with Crippen LogP contribution in [0, 0.1) is 0 Å². The van der Waals surface area contributed by atoms with Crippen LogP contribution in [0.4, 0.5) is 0 Å². The van der Waals surface area contributed by atoms with Gasteiger partial charge in [-0.15, -0.1) is 0 Å². The Bertz CT molecular complexity index is 891. The quantitative estimate of drug-likeness (QED) is 0.604. The predicted octanol–water partition coefficient (Wildman–Crippen LogP) is 4.37. The topological polar surface area (TPSA) is 45.2 Å². The number of hydrogen-bond acceptors (Lipinski definition) is 3. The molecule has 1 heterocycles. The van der Waals surface area contributed by atoms with E-state index in [-0.39, 0.29) is 11.9 Å². The number of nitrogens with zero attached hydrogens (tertiary/aromatic N) is 2. The molecule has 1 unspecified atom stereocenters. The second kappa shape index (κ2) is 10.00. The van der Waals surface area contributed by atoms with Crippen LogP contribution in [0.5, 0.6) is 0 Å². The first-order chi connectivity index (χ1) is 13.7. The van der Waals surface area contributed by atoms with Crippen LogP contribution in [0.1, 0.15) is 37.6 Å². The Morgan fingerprint density at radius 3 is 2.43 bits per heavy atom. The minimum absolute atomic E-state index is 0.00903. The minimum atomic E-state index is 0.00903. The highest BCUT2D eigenvalue weighted by molar-refractivity contribution is 5.81. The van der Waals surface area contributed by atoms with Crippen molar-refractivity contribution in [2.24, 2.45) is 0 Å². The number of carbonyl (C=O) groups is 1. The van der Waals surface area contributed by atoms with Crippen LogP contribution in [0.15, 0.2) is 66.7 Å². The Labute approximate surface area is 167 Å². The number of benzene rings is 2. The zero-order chi connectivity index (χ0) is 19.8. The average Bonchev–Trinajstić information content (AvgIpc) is 2.74. The van der Waals surface area contributed by atoms with Gasteiger partial charge in [0, 0.05) is 11.9 Å². The third-order valence-corrected chi connectivity index (χ3v) is 5.16. The molecule has 0 aliphatic carbocycles. The SMILES string of the molecule is CCN(CC)CCC(NC(=O)Cc1ccc2ccccc2n1)c1ccccc1. The summed E-state index contributed by atoms with van der Waals surface area (Å²) in [6, 6.07) is 22.2. The highest BCUT2D eigenvalue weighted by Crippen LogP contribution is 2.18. The van der Waals surface area contributed by atoms with Crippen molar-refractivity contribution in [2.75, 3.05) is 19.6 Å². The molecule has 3 aromatic rings. The van der Waals surface area contributed by atoms with E-state index in [9.17, 15) is 4.79 Å². The van der Waals surface area contributed by atoms with Crippen molar-refractivity contribution in [3.63, 3.8) is 0 Å². The van der Waals surface area contributed by atoms with Crippen LogP contribution in [0.25, 0.3) is 10.9 Å². The van der Waals surface area contributed by atoms with Crippen LogP contribution < -0.4 is 5.32 Å². The predicted molar refractivity (Wildman–Crippen MR) is 115 cm³/mol. The van der Waals surface area contributed by atoms with Crippen LogP contribution in [-0.2, 0) is 11.2 Å². The molecule has 0 saturated carbocycles. The van der Waals surface area contributed by atoms with E-state index in [2.05, 4.69) is 41.2 Å². The van der Waals surface area contributed by atoms with Crippen molar-refractivity contribution in [2.45, 2.75) is 32.7 Å². The zero-order valence-corrected chi connectivity index (χ0v) is 16.8. The molecule has 28 heavy (non-hydrogen) atoms. The molecule has 146 valence electrons. The first-order valence-electron chi connectivity index (χ1n) is 10.1. The lowest BCUT2D eigenvalue weighted by Crippen LogP contribution is -2.33. The monoisotopic (exact) mass is 375 g/mol. The van der Waals surface area contributed by atoms with Crippen molar-refractivity contribution >= 4 is 16.8 Å². The molecule has 1 aromatic heterocycles. The first-order valence-corrected chi connectivity index (χ1v) is 10.1. The maximum Gasteiger partial charge on any atom is 0.226 e. The van der Waals surface area contributed by atoms with Gasteiger partial charge in [-0.1, -0.05) is 68.4 Å². The molecule has 0 saturated heterocycles. The lowest BCUT2D eigenvalue weighted by Gasteiger charge is -2.24. The van der Waals surface area contributed by atoms with E-state index in [1.165, 1.54) is 0 Å². The number of fused-ring (bicyclic) bond motifs is 1. The number of hydrogen-bond donors (Lipinski definition) is 1. The van der Waals surface area contributed by atoms with E-state index in [4.69, 9.17) is 0 Å². The molecular formula is C24H29N3O. The number of amides is 1. The molecule has 0 fully saturated rings. The molecule has 1 atom stereocenters. The van der Waals surface area contributed by atoms with E-state index in [1.807, 2.05) is 54.6 Å². The molecule has 0 aliphatic heterocycles. The Hall–Kier alpha value is -2.72. The molecule has 0 spiro atoms. The Kier molecular flexibility index (Phi) is 7.15. The number of para-hydroxylation sites is 1. The van der Waals surface area contributed by atoms with Gasteiger partial charge in [-0.25, -0.2) is 0 Å². The maximum atomic E-state index is 12.8. The van der Waals surface area contributed by atoms with Gasteiger partial charge in [-0.2, -0.15) is 0 Å². The second-order valence-electron chi connectivity index (χ2n) is 7.02. The fourth-order valence-corrected chi connectivity index (χ4v) is 3.48. The molecule has 4 nitrogen and oxygen atoms in total. The molecule has 4 heteroatoms. The Morgan fingerprint density at radius 1 is 0.964 bits per heavy atom. The van der Waals surface area contributed by atoms with Gasteiger partial charge in [-0.05, 0) is 37.2 Å². The lowest BCUT2D eigenvalue weighted by atomic mass is 10.0. The molecule has 0 bridgehead atoms. The van der Waals surface area contributed by atoms with Gasteiger partial charge in [0.1, 0.15) is 0 Å². The van der Waals surface area contributed by atoms with Crippen LogP contribution in [0.3, 0.4) is 0 Å². The normalized spacial score (nSPS) is 12.2. The Balaban J connectivity index is 1.68. The summed E-state index contributed by atoms with van der Waals surface area (Å²) in [7, 11) is 0. The summed E-state index contributed by atoms with van der Waals surface area (Å²) in [5.74, 6) is 0.0104. The lowest BCUT2D eigenvalue weighted by molar-refractivity contribution is -0.121. The number of aromatic nitrogens is 1. The molecule has 3 rings (SSSR count). The van der Waals surface area contributed by atoms with Gasteiger partial charge in [0.15, 0.2) is 0 Å². The number of carbonyl (C=O) groups excluding carboxylic acids is 1. The molecule has 2 aromatic carbocycles. The summed E-state index contributed by atoms with van der Waals surface area (Å²) in [5, 5.41) is 4.32. The summed E-state index contributed by atoms with van der Waals surface area (Å²) in [6.45, 7) is 7.34. The molecule has 1 N–H and O–H groups in total. The number of pyridine rings is 1. The number of rotatable bonds is 9. The van der Waals surface area contributed by atoms with Gasteiger partial charge in [-0.3, -0.25) is 9.78 Å². The van der Waals surface area contributed by atoms with E-state index in [0.717, 1.165) is 48.2 Å². The highest BCUT2D eigenvalue weighted by Gasteiger charge is 2.16. The van der Waals surface area contributed by atoms with Crippen molar-refractivity contribution in [1.29, 1.82) is 0 Å². The van der Waals surface area contributed by atoms with E-state index in [0.29, 0.717) is 6.42 Å². The van der Waals surface area contributed by atoms with Gasteiger partial charge in [0.05, 0.1) is 23.7 Å². The Morgan fingerprint density at radius 2 is 1.68 bits per heavy atom. The zero-order valence-electron chi connectivity index (χ0n) is 16.8. The standard InChI is InChI=1S/C24H29N3O/c1-3-27(4-2)17-16-23(19-10-6-5-7-11-19)26-24(28)18-21-15-14-20-12-8-9-13-22(20)25-21/h5-15,23H,3-4,16-18H2,1-2H3,(H,26,28). The van der Waals surface area contributed by atoms with E-state index >= 15 is 0 Å². The first kappa shape index (κ1) is 20.0. The van der Waals surface area contributed by atoms with Crippen LogP contribution in [-0.4, -0.2) is 35.4 Å². The third kappa shape index (κ3) is 5.40. The molecular weight excluding hydrogens is 346 g/mol. The maximum absolute atomic E-state index is 12.8. The van der Waals surface area contributed by atoms with Gasteiger partial charge in [0.25, 0.3) is 0 Å². The molecule has 0 aliphatic rings. The van der Waals surface area contributed by atoms with Gasteiger partial charge < -0.3 is 10.2 Å². The van der Waals surface area contributed by atoms with Crippen molar-refractivity contribution in [1.82, 2.24) is 15.2 Å². The highest BCUT2D eigenvalue weighted by atomic mass is 16.1. The largest absolute Gasteiger partial charge is 0.349 e. The average molecular weight is 376 g/mol. The summed E-state index contributed by atoms with van der Waals surface area (Å²) >= 11 is 0. The van der Waals surface area contributed by atoms with Gasteiger partial charge in [0.2, 0.25) is 5.91 Å². The number of nitrogens with one attached hydrogen (secondary N) is 1. The van der Waals surface area contributed by atoms with Crippen molar-refractivity contribution in [3.05, 3.63) is 78.0 Å². The summed E-state index contributed by atoms with van der Waals surface area (Å²) < 4.78 is 0.